The number of benzene rings is 2. The Hall–Kier alpha value is -3.61. The highest BCUT2D eigenvalue weighted by atomic mass is 16.5. The molecule has 34 heavy (non-hydrogen) atoms. The van der Waals surface area contributed by atoms with Gasteiger partial charge >= 0.3 is 12.1 Å². The summed E-state index contributed by atoms with van der Waals surface area (Å²) in [6, 6.07) is 15.3. The van der Waals surface area contributed by atoms with Gasteiger partial charge in [-0.3, -0.25) is 9.59 Å². The third-order valence-electron chi connectivity index (χ3n) is 5.98. The lowest BCUT2D eigenvalue weighted by atomic mass is 9.98. The topological polar surface area (TPSA) is 105 Å². The van der Waals surface area contributed by atoms with Gasteiger partial charge in [-0.15, -0.1) is 6.58 Å². The van der Waals surface area contributed by atoms with Crippen molar-refractivity contribution in [3.63, 3.8) is 0 Å². The summed E-state index contributed by atoms with van der Waals surface area (Å²) in [6.07, 6.45) is 1.47. The molecule has 0 unspecified atom stereocenters. The van der Waals surface area contributed by atoms with E-state index in [0.29, 0.717) is 6.42 Å². The van der Waals surface area contributed by atoms with Gasteiger partial charge in [-0.1, -0.05) is 68.5 Å². The van der Waals surface area contributed by atoms with Crippen molar-refractivity contribution < 1.29 is 24.2 Å². The number of carbonyl (C=O) groups excluding carboxylic acids is 2. The first-order valence-electron chi connectivity index (χ1n) is 11.5. The summed E-state index contributed by atoms with van der Waals surface area (Å²) in [5.74, 6) is -2.16. The van der Waals surface area contributed by atoms with Crippen LogP contribution < -0.4 is 10.6 Å². The molecule has 0 heterocycles. The number of rotatable bonds is 11. The van der Waals surface area contributed by atoms with E-state index in [1.54, 1.807) is 0 Å². The molecule has 0 saturated carbocycles. The van der Waals surface area contributed by atoms with Crippen LogP contribution in [0.3, 0.4) is 0 Å². The summed E-state index contributed by atoms with van der Waals surface area (Å²) in [5.41, 5.74) is 4.48. The van der Waals surface area contributed by atoms with Gasteiger partial charge in [0.1, 0.15) is 12.6 Å². The molecule has 3 N–H and O–H groups in total. The number of alkyl carbamates (subject to hydrolysis) is 1. The molecule has 0 spiro atoms. The van der Waals surface area contributed by atoms with Crippen molar-refractivity contribution in [1.82, 2.24) is 10.6 Å². The predicted octanol–water partition coefficient (Wildman–Crippen LogP) is 4.33. The standard InChI is InChI=1S/C27H32N2O5/c1-4-9-18(26(31)32)15-28-25(30)24(14-17(2)3)29-27(33)34-16-23-21-12-7-5-10-19(21)20-11-6-8-13-22(20)23/h4-8,10-13,17-18,23-24H,1,9,14-16H2,2-3H3,(H,28,30)(H,29,33)(H,31,32)/t18-,24-/m0/s1. The number of aliphatic carboxylic acids is 1. The van der Waals surface area contributed by atoms with Crippen molar-refractivity contribution in [3.8, 4) is 11.1 Å². The van der Waals surface area contributed by atoms with E-state index in [2.05, 4.69) is 29.3 Å². The Morgan fingerprint density at radius 2 is 1.65 bits per heavy atom. The van der Waals surface area contributed by atoms with Gasteiger partial charge in [0.15, 0.2) is 0 Å². The third kappa shape index (κ3) is 6.04. The first-order valence-corrected chi connectivity index (χ1v) is 11.5. The van der Waals surface area contributed by atoms with E-state index in [9.17, 15) is 19.5 Å². The van der Waals surface area contributed by atoms with E-state index < -0.39 is 29.9 Å². The fourth-order valence-corrected chi connectivity index (χ4v) is 4.30. The van der Waals surface area contributed by atoms with Crippen LogP contribution in [0.2, 0.25) is 0 Å². The van der Waals surface area contributed by atoms with E-state index in [1.165, 1.54) is 6.08 Å². The molecule has 2 aromatic carbocycles. The number of allylic oxidation sites excluding steroid dienone is 1. The van der Waals surface area contributed by atoms with E-state index in [4.69, 9.17) is 4.74 Å². The molecule has 2 atom stereocenters. The number of carbonyl (C=O) groups is 3. The zero-order valence-electron chi connectivity index (χ0n) is 19.6. The number of nitrogens with one attached hydrogen (secondary N) is 2. The van der Waals surface area contributed by atoms with Gasteiger partial charge in [-0.05, 0) is 41.0 Å². The molecule has 3 rings (SSSR count). The maximum atomic E-state index is 12.7. The average Bonchev–Trinajstić information content (AvgIpc) is 3.13. The second-order valence-electron chi connectivity index (χ2n) is 8.96. The number of amides is 2. The van der Waals surface area contributed by atoms with Gasteiger partial charge in [0, 0.05) is 12.5 Å². The number of fused-ring (bicyclic) bond motifs is 3. The minimum absolute atomic E-state index is 0.0405. The van der Waals surface area contributed by atoms with Gasteiger partial charge in [0.2, 0.25) is 5.91 Å². The Bertz CT molecular complexity index is 1000. The molecule has 0 fully saturated rings. The summed E-state index contributed by atoms with van der Waals surface area (Å²) in [5, 5.41) is 14.6. The van der Waals surface area contributed by atoms with Crippen molar-refractivity contribution in [2.75, 3.05) is 13.2 Å². The minimum atomic E-state index is -1.01. The highest BCUT2D eigenvalue weighted by molar-refractivity contribution is 5.86. The molecule has 7 heteroatoms. The van der Waals surface area contributed by atoms with Crippen LogP contribution in [0.25, 0.3) is 11.1 Å². The van der Waals surface area contributed by atoms with Crippen molar-refractivity contribution in [1.29, 1.82) is 0 Å². The Balaban J connectivity index is 1.62. The molecule has 2 amide bonds. The molecular formula is C27H32N2O5. The van der Waals surface area contributed by atoms with Crippen LogP contribution in [0.15, 0.2) is 61.2 Å². The SMILES string of the molecule is C=CC[C@@H](CNC(=O)[C@H](CC(C)C)NC(=O)OCC1c2ccccc2-c2ccccc21)C(=O)O. The minimum Gasteiger partial charge on any atom is -0.481 e. The number of hydrogen-bond donors (Lipinski definition) is 3. The summed E-state index contributed by atoms with van der Waals surface area (Å²) >= 11 is 0. The Morgan fingerprint density at radius 3 is 2.18 bits per heavy atom. The van der Waals surface area contributed by atoms with Gasteiger partial charge in [0.05, 0.1) is 5.92 Å². The first kappa shape index (κ1) is 25.0. The lowest BCUT2D eigenvalue weighted by Gasteiger charge is -2.22. The average molecular weight is 465 g/mol. The quantitative estimate of drug-likeness (QED) is 0.429. The van der Waals surface area contributed by atoms with Crippen LogP contribution in [0.5, 0.6) is 0 Å². The van der Waals surface area contributed by atoms with Gasteiger partial charge in [0.25, 0.3) is 0 Å². The largest absolute Gasteiger partial charge is 0.481 e. The van der Waals surface area contributed by atoms with Crippen LogP contribution >= 0.6 is 0 Å². The zero-order valence-corrected chi connectivity index (χ0v) is 19.6. The molecule has 7 nitrogen and oxygen atoms in total. The maximum absolute atomic E-state index is 12.7. The summed E-state index contributed by atoms with van der Waals surface area (Å²) in [6.45, 7) is 7.55. The summed E-state index contributed by atoms with van der Waals surface area (Å²) in [7, 11) is 0. The molecule has 0 bridgehead atoms. The Labute approximate surface area is 200 Å². The highest BCUT2D eigenvalue weighted by Gasteiger charge is 2.30. The van der Waals surface area contributed by atoms with Crippen LogP contribution in [0.4, 0.5) is 4.79 Å². The highest BCUT2D eigenvalue weighted by Crippen LogP contribution is 2.44. The molecule has 0 aromatic heterocycles. The predicted molar refractivity (Wildman–Crippen MR) is 130 cm³/mol. The van der Waals surface area contributed by atoms with Crippen LogP contribution in [0.1, 0.15) is 43.7 Å². The van der Waals surface area contributed by atoms with E-state index in [0.717, 1.165) is 22.3 Å². The second-order valence-corrected chi connectivity index (χ2v) is 8.96. The van der Waals surface area contributed by atoms with Crippen molar-refractivity contribution in [2.45, 2.75) is 38.6 Å². The monoisotopic (exact) mass is 464 g/mol. The van der Waals surface area contributed by atoms with Gasteiger partial charge < -0.3 is 20.5 Å². The summed E-state index contributed by atoms with van der Waals surface area (Å²) in [4.78, 5) is 36.7. The Kier molecular flexibility index (Phi) is 8.46. The van der Waals surface area contributed by atoms with Crippen molar-refractivity contribution >= 4 is 18.0 Å². The first-order chi connectivity index (χ1) is 16.3. The van der Waals surface area contributed by atoms with Crippen molar-refractivity contribution in [2.24, 2.45) is 11.8 Å². The van der Waals surface area contributed by atoms with E-state index in [1.807, 2.05) is 50.2 Å². The number of carboxylic acid groups (broad SMARTS) is 1. The molecule has 0 aliphatic heterocycles. The molecule has 1 aliphatic carbocycles. The fraction of sp³-hybridized carbons (Fsp3) is 0.370. The van der Waals surface area contributed by atoms with E-state index in [-0.39, 0.29) is 31.4 Å². The second kappa shape index (κ2) is 11.5. The number of hydrogen-bond acceptors (Lipinski definition) is 4. The summed E-state index contributed by atoms with van der Waals surface area (Å²) < 4.78 is 5.57. The van der Waals surface area contributed by atoms with E-state index >= 15 is 0 Å². The smallest absolute Gasteiger partial charge is 0.407 e. The van der Waals surface area contributed by atoms with Gasteiger partial charge in [-0.2, -0.15) is 0 Å². The van der Waals surface area contributed by atoms with Crippen LogP contribution in [-0.4, -0.2) is 42.3 Å². The molecule has 180 valence electrons. The molecule has 2 aromatic rings. The fourth-order valence-electron chi connectivity index (χ4n) is 4.30. The Morgan fingerprint density at radius 1 is 1.06 bits per heavy atom. The van der Waals surface area contributed by atoms with Crippen molar-refractivity contribution in [3.05, 3.63) is 72.3 Å². The maximum Gasteiger partial charge on any atom is 0.407 e. The van der Waals surface area contributed by atoms with Crippen LogP contribution in [0, 0.1) is 11.8 Å². The molecule has 1 aliphatic rings. The lowest BCUT2D eigenvalue weighted by Crippen LogP contribution is -2.49. The normalized spacial score (nSPS) is 14.0. The van der Waals surface area contributed by atoms with Gasteiger partial charge in [-0.25, -0.2) is 4.79 Å². The zero-order chi connectivity index (χ0) is 24.7. The molecular weight excluding hydrogens is 432 g/mol. The third-order valence-corrected chi connectivity index (χ3v) is 5.98. The number of carboxylic acids is 1. The number of ether oxygens (including phenoxy) is 1. The molecule has 0 saturated heterocycles. The molecule has 0 radical (unpaired) electrons. The van der Waals surface area contributed by atoms with Crippen LogP contribution in [-0.2, 0) is 14.3 Å². The lowest BCUT2D eigenvalue weighted by molar-refractivity contribution is -0.141.